The molecule has 3 aromatic rings. The van der Waals surface area contributed by atoms with Gasteiger partial charge in [-0.2, -0.15) is 4.31 Å². The highest BCUT2D eigenvalue weighted by atomic mass is 32.2. The van der Waals surface area contributed by atoms with Crippen molar-refractivity contribution in [2.45, 2.75) is 43.6 Å². The minimum Gasteiger partial charge on any atom is -0.495 e. The van der Waals surface area contributed by atoms with Gasteiger partial charge in [-0.05, 0) is 48.9 Å². The first-order valence-corrected chi connectivity index (χ1v) is 13.0. The van der Waals surface area contributed by atoms with Crippen molar-refractivity contribution in [3.63, 3.8) is 0 Å². The van der Waals surface area contributed by atoms with Gasteiger partial charge in [0.05, 0.1) is 17.7 Å². The maximum atomic E-state index is 13.2. The van der Waals surface area contributed by atoms with Gasteiger partial charge in [0.15, 0.2) is 6.10 Å². The molecule has 1 amide bonds. The number of nitrogens with zero attached hydrogens (tertiary/aromatic N) is 1. The molecule has 34 heavy (non-hydrogen) atoms. The summed E-state index contributed by atoms with van der Waals surface area (Å²) in [6.45, 7) is 2.88. The number of carbonyl (C=O) groups excluding carboxylic acids is 1. The number of ether oxygens (including phenoxy) is 2. The molecular weight excluding hydrogens is 452 g/mol. The lowest BCUT2D eigenvalue weighted by Gasteiger charge is -2.26. The number of piperidine rings is 1. The summed E-state index contributed by atoms with van der Waals surface area (Å²) in [6, 6.07) is 18.1. The van der Waals surface area contributed by atoms with E-state index in [1.54, 1.807) is 6.07 Å². The van der Waals surface area contributed by atoms with Crippen LogP contribution in [0.25, 0.3) is 10.8 Å². The zero-order valence-corrected chi connectivity index (χ0v) is 20.3. The summed E-state index contributed by atoms with van der Waals surface area (Å²) in [5.41, 5.74) is 0.297. The van der Waals surface area contributed by atoms with Gasteiger partial charge >= 0.3 is 0 Å². The normalized spacial score (nSPS) is 15.6. The van der Waals surface area contributed by atoms with Gasteiger partial charge in [-0.25, -0.2) is 8.42 Å². The number of methoxy groups -OCH3 is 1. The Hall–Kier alpha value is -3.10. The van der Waals surface area contributed by atoms with Crippen molar-refractivity contribution in [3.8, 4) is 11.5 Å². The van der Waals surface area contributed by atoms with Crippen molar-refractivity contribution >= 4 is 32.4 Å². The Morgan fingerprint density at radius 3 is 2.47 bits per heavy atom. The first-order chi connectivity index (χ1) is 16.4. The number of fused-ring (bicyclic) bond motifs is 1. The van der Waals surface area contributed by atoms with E-state index >= 15 is 0 Å². The first-order valence-electron chi connectivity index (χ1n) is 11.6. The molecule has 0 aliphatic carbocycles. The minimum atomic E-state index is -3.65. The quantitative estimate of drug-likeness (QED) is 0.498. The Morgan fingerprint density at radius 1 is 1.00 bits per heavy atom. The minimum absolute atomic E-state index is 0.133. The molecule has 1 fully saturated rings. The predicted octanol–water partition coefficient (Wildman–Crippen LogP) is 4.82. The van der Waals surface area contributed by atoms with Gasteiger partial charge < -0.3 is 14.8 Å². The summed E-state index contributed by atoms with van der Waals surface area (Å²) in [5.74, 6) is 0.626. The lowest BCUT2D eigenvalue weighted by Crippen LogP contribution is -2.35. The number of hydrogen-bond acceptors (Lipinski definition) is 5. The molecule has 7 nitrogen and oxygen atoms in total. The van der Waals surface area contributed by atoms with Crippen molar-refractivity contribution < 1.29 is 22.7 Å². The van der Waals surface area contributed by atoms with E-state index in [9.17, 15) is 13.2 Å². The molecule has 0 saturated carbocycles. The van der Waals surface area contributed by atoms with Gasteiger partial charge in [0.2, 0.25) is 10.0 Å². The van der Waals surface area contributed by atoms with Crippen LogP contribution in [-0.4, -0.2) is 44.9 Å². The van der Waals surface area contributed by atoms with Crippen LogP contribution in [0.15, 0.2) is 65.6 Å². The number of hydrogen-bond donors (Lipinski definition) is 1. The maximum Gasteiger partial charge on any atom is 0.265 e. The van der Waals surface area contributed by atoms with Gasteiger partial charge in [-0.3, -0.25) is 4.79 Å². The highest BCUT2D eigenvalue weighted by Gasteiger charge is 2.28. The number of amides is 1. The average Bonchev–Trinajstić information content (AvgIpc) is 2.87. The van der Waals surface area contributed by atoms with Crippen molar-refractivity contribution in [2.24, 2.45) is 0 Å². The molecule has 0 aromatic heterocycles. The molecule has 1 N–H and O–H groups in total. The van der Waals surface area contributed by atoms with Gasteiger partial charge in [0.1, 0.15) is 11.5 Å². The monoisotopic (exact) mass is 482 g/mol. The molecule has 0 bridgehead atoms. The van der Waals surface area contributed by atoms with Crippen molar-refractivity contribution in [1.29, 1.82) is 0 Å². The second kappa shape index (κ2) is 10.4. The molecule has 1 aliphatic rings. The van der Waals surface area contributed by atoms with Crippen LogP contribution in [0.2, 0.25) is 0 Å². The molecule has 0 radical (unpaired) electrons. The highest BCUT2D eigenvalue weighted by Crippen LogP contribution is 2.31. The van der Waals surface area contributed by atoms with Gasteiger partial charge in [-0.1, -0.05) is 49.7 Å². The van der Waals surface area contributed by atoms with Crippen LogP contribution in [0, 0.1) is 0 Å². The maximum absolute atomic E-state index is 13.2. The average molecular weight is 483 g/mol. The fourth-order valence-corrected chi connectivity index (χ4v) is 5.73. The molecule has 1 aliphatic heterocycles. The second-order valence-corrected chi connectivity index (χ2v) is 10.2. The molecule has 180 valence electrons. The molecule has 1 atom stereocenters. The standard InChI is InChI=1S/C26H30N2O5S/c1-3-23(33-24-13-9-11-19-10-5-6-12-21(19)24)26(29)27-22-18-20(14-15-25(22)32-2)34(30,31)28-16-7-4-8-17-28/h5-6,9-15,18,23H,3-4,7-8,16-17H2,1-2H3,(H,27,29). The Labute approximate surface area is 200 Å². The van der Waals surface area contributed by atoms with E-state index in [1.807, 2.05) is 49.4 Å². The van der Waals surface area contributed by atoms with Crippen LogP contribution in [0.1, 0.15) is 32.6 Å². The van der Waals surface area contributed by atoms with Crippen LogP contribution in [0.4, 0.5) is 5.69 Å². The number of carbonyl (C=O) groups is 1. The van der Waals surface area contributed by atoms with E-state index in [0.29, 0.717) is 36.7 Å². The smallest absolute Gasteiger partial charge is 0.265 e. The molecule has 4 rings (SSSR count). The Morgan fingerprint density at radius 2 is 1.74 bits per heavy atom. The SMILES string of the molecule is CCC(Oc1cccc2ccccc12)C(=O)Nc1cc(S(=O)(=O)N2CCCCC2)ccc1OC. The fourth-order valence-electron chi connectivity index (χ4n) is 4.19. The third kappa shape index (κ3) is 5.03. The number of benzene rings is 3. The third-order valence-electron chi connectivity index (χ3n) is 6.06. The number of anilines is 1. The van der Waals surface area contributed by atoms with E-state index < -0.39 is 16.1 Å². The highest BCUT2D eigenvalue weighted by molar-refractivity contribution is 7.89. The number of rotatable bonds is 8. The Balaban J connectivity index is 1.57. The summed E-state index contributed by atoms with van der Waals surface area (Å²) >= 11 is 0. The molecule has 3 aromatic carbocycles. The summed E-state index contributed by atoms with van der Waals surface area (Å²) in [4.78, 5) is 13.3. The third-order valence-corrected chi connectivity index (χ3v) is 7.96. The molecular formula is C26H30N2O5S. The molecule has 1 heterocycles. The van der Waals surface area contributed by atoms with Crippen LogP contribution in [0.5, 0.6) is 11.5 Å². The lowest BCUT2D eigenvalue weighted by molar-refractivity contribution is -0.122. The van der Waals surface area contributed by atoms with Gasteiger partial charge in [0.25, 0.3) is 5.91 Å². The number of nitrogens with one attached hydrogen (secondary N) is 1. The van der Waals surface area contributed by atoms with Crippen molar-refractivity contribution in [2.75, 3.05) is 25.5 Å². The molecule has 1 saturated heterocycles. The summed E-state index contributed by atoms with van der Waals surface area (Å²) in [5, 5.41) is 4.77. The predicted molar refractivity (Wildman–Crippen MR) is 133 cm³/mol. The van der Waals surface area contributed by atoms with Crippen molar-refractivity contribution in [1.82, 2.24) is 4.31 Å². The van der Waals surface area contributed by atoms with E-state index in [1.165, 1.54) is 23.5 Å². The van der Waals surface area contributed by atoms with Gasteiger partial charge in [0, 0.05) is 18.5 Å². The molecule has 8 heteroatoms. The first kappa shape index (κ1) is 24.0. The topological polar surface area (TPSA) is 84.9 Å². The summed E-state index contributed by atoms with van der Waals surface area (Å²) in [6.07, 6.45) is 2.40. The largest absolute Gasteiger partial charge is 0.495 e. The molecule has 0 spiro atoms. The Kier molecular flexibility index (Phi) is 7.38. The zero-order chi connectivity index (χ0) is 24.1. The molecule has 1 unspecified atom stereocenters. The van der Waals surface area contributed by atoms with Crippen LogP contribution in [-0.2, 0) is 14.8 Å². The van der Waals surface area contributed by atoms with Gasteiger partial charge in [-0.15, -0.1) is 0 Å². The van der Waals surface area contributed by atoms with Crippen LogP contribution >= 0.6 is 0 Å². The second-order valence-electron chi connectivity index (χ2n) is 8.31. The van der Waals surface area contributed by atoms with E-state index in [-0.39, 0.29) is 10.8 Å². The Bertz CT molecular complexity index is 1260. The van der Waals surface area contributed by atoms with E-state index in [4.69, 9.17) is 9.47 Å². The summed E-state index contributed by atoms with van der Waals surface area (Å²) < 4.78 is 39.2. The van der Waals surface area contributed by atoms with E-state index in [2.05, 4.69) is 5.32 Å². The lowest BCUT2D eigenvalue weighted by atomic mass is 10.1. The van der Waals surface area contributed by atoms with Crippen LogP contribution < -0.4 is 14.8 Å². The fraction of sp³-hybridized carbons (Fsp3) is 0.346. The number of sulfonamides is 1. The summed E-state index contributed by atoms with van der Waals surface area (Å²) in [7, 11) is -2.17. The van der Waals surface area contributed by atoms with Crippen molar-refractivity contribution in [3.05, 3.63) is 60.7 Å². The van der Waals surface area contributed by atoms with E-state index in [0.717, 1.165) is 30.0 Å². The zero-order valence-electron chi connectivity index (χ0n) is 19.5. The van der Waals surface area contributed by atoms with Crippen LogP contribution in [0.3, 0.4) is 0 Å².